The Morgan fingerprint density at radius 1 is 1.06 bits per heavy atom. The Labute approximate surface area is 201 Å². The Bertz CT molecular complexity index is 1330. The van der Waals surface area contributed by atoms with Gasteiger partial charge in [-0.3, -0.25) is 14.2 Å². The molecule has 1 amide bonds. The van der Waals surface area contributed by atoms with E-state index in [1.165, 1.54) is 4.90 Å². The molecule has 2 aliphatic heterocycles. The standard InChI is InChI=1S/C25H26N6O2S/c1-16-12-19(24(33)31-21(16)23(32)29-25(31)10-6-3-7-11-25)28-22-18-13-30(14-20(18)26-15-27-22)34-17-8-4-2-5-9-17/h2,4-5,8-9,12,15H,3,6-7,10-11,13-14H2,1H3,(H,29,32)(H,26,27,28). The Balaban J connectivity index is 1.33. The van der Waals surface area contributed by atoms with Crippen LogP contribution in [0.15, 0.2) is 52.4 Å². The van der Waals surface area contributed by atoms with Crippen LogP contribution in [-0.4, -0.2) is 24.7 Å². The van der Waals surface area contributed by atoms with Gasteiger partial charge in [0, 0.05) is 17.0 Å². The third-order valence-corrected chi connectivity index (χ3v) is 7.99. The summed E-state index contributed by atoms with van der Waals surface area (Å²) in [4.78, 5) is 36.6. The maximum Gasteiger partial charge on any atom is 0.276 e. The Morgan fingerprint density at radius 3 is 2.65 bits per heavy atom. The number of nitrogens with zero attached hydrogens (tertiary/aromatic N) is 4. The minimum absolute atomic E-state index is 0.153. The van der Waals surface area contributed by atoms with Crippen LogP contribution in [0.25, 0.3) is 0 Å². The van der Waals surface area contributed by atoms with Crippen LogP contribution in [0.5, 0.6) is 0 Å². The SMILES string of the molecule is Cc1cc(Nc2ncnc3c2CN(Sc2ccccc2)C3)c(=O)n2c1C(=O)NC21CCCCC1. The number of fused-ring (bicyclic) bond motifs is 3. The molecule has 8 nitrogen and oxygen atoms in total. The molecule has 174 valence electrons. The minimum Gasteiger partial charge on any atom is -0.335 e. The number of aryl methyl sites for hydroxylation is 1. The molecule has 0 saturated heterocycles. The van der Waals surface area contributed by atoms with E-state index in [1.54, 1.807) is 28.9 Å². The Morgan fingerprint density at radius 2 is 1.85 bits per heavy atom. The first kappa shape index (κ1) is 21.4. The van der Waals surface area contributed by atoms with E-state index in [-0.39, 0.29) is 11.5 Å². The van der Waals surface area contributed by atoms with Crippen molar-refractivity contribution in [2.24, 2.45) is 0 Å². The lowest BCUT2D eigenvalue weighted by Crippen LogP contribution is -2.48. The highest BCUT2D eigenvalue weighted by Crippen LogP contribution is 2.38. The molecule has 0 bridgehead atoms. The summed E-state index contributed by atoms with van der Waals surface area (Å²) in [5.74, 6) is 0.493. The lowest BCUT2D eigenvalue weighted by atomic mass is 9.89. The molecule has 0 atom stereocenters. The number of carbonyl (C=O) groups excluding carboxylic acids is 1. The quantitative estimate of drug-likeness (QED) is 0.551. The molecular weight excluding hydrogens is 448 g/mol. The van der Waals surface area contributed by atoms with Crippen molar-refractivity contribution < 1.29 is 4.79 Å². The normalized spacial score (nSPS) is 18.6. The number of anilines is 2. The van der Waals surface area contributed by atoms with Crippen molar-refractivity contribution in [1.82, 2.24) is 24.2 Å². The summed E-state index contributed by atoms with van der Waals surface area (Å²) in [6.07, 6.45) is 6.23. The van der Waals surface area contributed by atoms with E-state index in [9.17, 15) is 9.59 Å². The van der Waals surface area contributed by atoms with Crippen LogP contribution in [-0.2, 0) is 18.8 Å². The van der Waals surface area contributed by atoms with Crippen molar-refractivity contribution in [3.8, 4) is 0 Å². The lowest BCUT2D eigenvalue weighted by Gasteiger charge is -2.35. The van der Waals surface area contributed by atoms with Gasteiger partial charge in [-0.1, -0.05) is 24.6 Å². The van der Waals surface area contributed by atoms with Gasteiger partial charge in [0.1, 0.15) is 29.2 Å². The predicted octanol–water partition coefficient (Wildman–Crippen LogP) is 4.07. The topological polar surface area (TPSA) is 92.2 Å². The summed E-state index contributed by atoms with van der Waals surface area (Å²) in [7, 11) is 0. The number of nitrogens with one attached hydrogen (secondary N) is 2. The van der Waals surface area contributed by atoms with Gasteiger partial charge in [-0.2, -0.15) is 0 Å². The van der Waals surface area contributed by atoms with E-state index >= 15 is 0 Å². The largest absolute Gasteiger partial charge is 0.335 e. The second-order valence-electron chi connectivity index (χ2n) is 9.25. The van der Waals surface area contributed by atoms with Crippen LogP contribution in [0.1, 0.15) is 59.4 Å². The lowest BCUT2D eigenvalue weighted by molar-refractivity contribution is 0.0876. The van der Waals surface area contributed by atoms with Gasteiger partial charge in [-0.15, -0.1) is 0 Å². The Hall–Kier alpha value is -3.17. The summed E-state index contributed by atoms with van der Waals surface area (Å²) in [6.45, 7) is 3.27. The summed E-state index contributed by atoms with van der Waals surface area (Å²) in [6, 6.07) is 12.0. The molecule has 3 aromatic rings. The summed E-state index contributed by atoms with van der Waals surface area (Å²) < 4.78 is 3.95. The molecule has 4 heterocycles. The van der Waals surface area contributed by atoms with E-state index < -0.39 is 5.66 Å². The molecular formula is C25H26N6O2S. The molecule has 0 unspecified atom stereocenters. The molecule has 1 aliphatic carbocycles. The fourth-order valence-electron chi connectivity index (χ4n) is 5.42. The molecule has 1 saturated carbocycles. The van der Waals surface area contributed by atoms with Gasteiger partial charge < -0.3 is 10.6 Å². The molecule has 3 aliphatic rings. The maximum absolute atomic E-state index is 13.7. The van der Waals surface area contributed by atoms with Crippen molar-refractivity contribution in [2.75, 3.05) is 5.32 Å². The number of carbonyl (C=O) groups is 1. The van der Waals surface area contributed by atoms with Gasteiger partial charge in [-0.05, 0) is 68.3 Å². The molecule has 1 spiro atoms. The van der Waals surface area contributed by atoms with Gasteiger partial charge in [-0.25, -0.2) is 14.3 Å². The molecule has 1 aromatic carbocycles. The van der Waals surface area contributed by atoms with Crippen LogP contribution in [0.2, 0.25) is 0 Å². The van der Waals surface area contributed by atoms with Gasteiger partial charge >= 0.3 is 0 Å². The smallest absolute Gasteiger partial charge is 0.276 e. The third-order valence-electron chi connectivity index (χ3n) is 6.99. The van der Waals surface area contributed by atoms with E-state index in [2.05, 4.69) is 37.0 Å². The van der Waals surface area contributed by atoms with Crippen LogP contribution < -0.4 is 16.2 Å². The highest BCUT2D eigenvalue weighted by atomic mass is 32.2. The predicted molar refractivity (Wildman–Crippen MR) is 131 cm³/mol. The zero-order valence-electron chi connectivity index (χ0n) is 19.0. The summed E-state index contributed by atoms with van der Waals surface area (Å²) >= 11 is 1.69. The van der Waals surface area contributed by atoms with E-state index in [0.29, 0.717) is 30.3 Å². The summed E-state index contributed by atoms with van der Waals surface area (Å²) in [5.41, 5.74) is 2.87. The number of benzene rings is 1. The molecule has 6 rings (SSSR count). The first-order valence-corrected chi connectivity index (χ1v) is 12.5. The molecule has 0 radical (unpaired) electrons. The van der Waals surface area contributed by atoms with Crippen LogP contribution >= 0.6 is 11.9 Å². The Kier molecular flexibility index (Phi) is 5.18. The van der Waals surface area contributed by atoms with Crippen molar-refractivity contribution in [1.29, 1.82) is 0 Å². The first-order valence-electron chi connectivity index (χ1n) is 11.7. The highest BCUT2D eigenvalue weighted by molar-refractivity contribution is 7.97. The maximum atomic E-state index is 13.7. The zero-order chi connectivity index (χ0) is 23.3. The number of hydrogen-bond acceptors (Lipinski definition) is 7. The fourth-order valence-corrected chi connectivity index (χ4v) is 6.37. The van der Waals surface area contributed by atoms with Crippen molar-refractivity contribution in [3.63, 3.8) is 0 Å². The number of pyridine rings is 1. The average Bonchev–Trinajstić information content (AvgIpc) is 3.37. The van der Waals surface area contributed by atoms with Gasteiger partial charge in [0.2, 0.25) is 0 Å². The number of hydrogen-bond donors (Lipinski definition) is 2. The van der Waals surface area contributed by atoms with Crippen LogP contribution in [0, 0.1) is 6.92 Å². The van der Waals surface area contributed by atoms with E-state index in [4.69, 9.17) is 0 Å². The number of aromatic nitrogens is 3. The zero-order valence-corrected chi connectivity index (χ0v) is 19.8. The second kappa shape index (κ2) is 8.25. The first-order chi connectivity index (χ1) is 16.5. The van der Waals surface area contributed by atoms with Crippen molar-refractivity contribution in [3.05, 3.63) is 75.6 Å². The molecule has 1 fully saturated rings. The van der Waals surface area contributed by atoms with Crippen LogP contribution in [0.3, 0.4) is 0 Å². The van der Waals surface area contributed by atoms with E-state index in [0.717, 1.165) is 48.9 Å². The van der Waals surface area contributed by atoms with Gasteiger partial charge in [0.15, 0.2) is 0 Å². The molecule has 2 aromatic heterocycles. The van der Waals surface area contributed by atoms with Gasteiger partial charge in [0.05, 0.1) is 12.2 Å². The number of amides is 1. The molecule has 2 N–H and O–H groups in total. The van der Waals surface area contributed by atoms with Crippen molar-refractivity contribution >= 4 is 29.4 Å². The molecule has 9 heteroatoms. The van der Waals surface area contributed by atoms with E-state index in [1.807, 2.05) is 25.1 Å². The molecule has 34 heavy (non-hydrogen) atoms. The van der Waals surface area contributed by atoms with Gasteiger partial charge in [0.25, 0.3) is 11.5 Å². The monoisotopic (exact) mass is 474 g/mol. The second-order valence-corrected chi connectivity index (χ2v) is 10.4. The fraction of sp³-hybridized carbons (Fsp3) is 0.360. The average molecular weight is 475 g/mol. The number of rotatable bonds is 4. The third kappa shape index (κ3) is 3.50. The van der Waals surface area contributed by atoms with Crippen molar-refractivity contribution in [2.45, 2.75) is 62.7 Å². The highest BCUT2D eigenvalue weighted by Gasteiger charge is 2.45. The summed E-state index contributed by atoms with van der Waals surface area (Å²) in [5, 5.41) is 6.44. The minimum atomic E-state index is -0.610. The van der Waals surface area contributed by atoms with Crippen LogP contribution in [0.4, 0.5) is 11.5 Å².